The predicted octanol–water partition coefficient (Wildman–Crippen LogP) is 1.42. The van der Waals surface area contributed by atoms with Crippen molar-refractivity contribution in [3.8, 4) is 0 Å². The third-order valence-corrected chi connectivity index (χ3v) is 4.53. The van der Waals surface area contributed by atoms with E-state index in [1.54, 1.807) is 30.3 Å². The van der Waals surface area contributed by atoms with Crippen LogP contribution < -0.4 is 5.32 Å². The average molecular weight is 305 g/mol. The molecule has 1 aromatic rings. The number of aliphatic carboxylic acids is 1. The monoisotopic (exact) mass is 304 g/mol. The van der Waals surface area contributed by atoms with E-state index in [0.29, 0.717) is 5.69 Å². The molecule has 1 N–H and O–H groups in total. The van der Waals surface area contributed by atoms with E-state index in [1.807, 2.05) is 0 Å². The molecule has 0 aliphatic carbocycles. The lowest BCUT2D eigenvalue weighted by molar-refractivity contribution is -0.139. The number of alkyl halides is 1. The number of carboxylic acids is 1. The van der Waals surface area contributed by atoms with Crippen LogP contribution in [0, 0.1) is 0 Å². The molecule has 0 aliphatic heterocycles. The summed E-state index contributed by atoms with van der Waals surface area (Å²) in [7, 11) is -3.31. The summed E-state index contributed by atoms with van der Waals surface area (Å²) in [5, 5.41) is 13.1. The summed E-state index contributed by atoms with van der Waals surface area (Å²) in [5.41, 5.74) is 0.518. The Morgan fingerprint density at radius 1 is 1.26 bits per heavy atom. The predicted molar refractivity (Wildman–Crippen MR) is 73.7 cm³/mol. The molecule has 0 aliphatic rings. The van der Waals surface area contributed by atoms with Gasteiger partial charge in [0.1, 0.15) is 6.04 Å². The Morgan fingerprint density at radius 3 is 2.42 bits per heavy atom. The van der Waals surface area contributed by atoms with Gasteiger partial charge >= 0.3 is 5.97 Å². The number of carboxylic acid groups (broad SMARTS) is 1. The zero-order valence-corrected chi connectivity index (χ0v) is 11.8. The molecular weight excluding hydrogens is 290 g/mol. The summed E-state index contributed by atoms with van der Waals surface area (Å²) in [6.07, 6.45) is -0.0521. The molecule has 0 amide bonds. The van der Waals surface area contributed by atoms with E-state index in [9.17, 15) is 13.2 Å². The fourth-order valence-corrected chi connectivity index (χ4v) is 3.17. The molecule has 1 rings (SSSR count). The Bertz CT molecular complexity index is 504. The average Bonchev–Trinajstić information content (AvgIpc) is 2.35. The van der Waals surface area contributed by atoms with Gasteiger partial charge in [-0.05, 0) is 18.6 Å². The summed E-state index contributed by atoms with van der Waals surface area (Å²) in [5.74, 6) is -1.50. The van der Waals surface area contributed by atoms with Crippen molar-refractivity contribution in [3.05, 3.63) is 30.3 Å². The van der Waals surface area contributed by atoms with Crippen molar-refractivity contribution in [2.24, 2.45) is 0 Å². The van der Waals surface area contributed by atoms with Gasteiger partial charge in [-0.1, -0.05) is 18.2 Å². The topological polar surface area (TPSA) is 85.5 Å². The van der Waals surface area contributed by atoms with Gasteiger partial charge in [0, 0.05) is 5.88 Å². The van der Waals surface area contributed by atoms with Gasteiger partial charge in [-0.3, -0.25) is 5.32 Å². The van der Waals surface area contributed by atoms with Gasteiger partial charge in [0.05, 0.1) is 17.2 Å². The minimum absolute atomic E-state index is 0.00982. The molecule has 5 nitrogen and oxygen atoms in total. The maximum Gasteiger partial charge on any atom is 0.328 e. The molecule has 7 heteroatoms. The Labute approximate surface area is 117 Å². The second kappa shape index (κ2) is 7.35. The lowest BCUT2D eigenvalue weighted by Gasteiger charge is -2.12. The minimum Gasteiger partial charge on any atom is -0.480 e. The first kappa shape index (κ1) is 15.8. The van der Waals surface area contributed by atoms with Crippen LogP contribution in [0.5, 0.6) is 0 Å². The van der Waals surface area contributed by atoms with Crippen molar-refractivity contribution >= 4 is 33.1 Å². The van der Waals surface area contributed by atoms with Crippen LogP contribution in [0.4, 0.5) is 5.69 Å². The fraction of sp³-hybridized carbons (Fsp3) is 0.417. The lowest BCUT2D eigenvalue weighted by Crippen LogP contribution is -2.31. The van der Waals surface area contributed by atoms with Crippen LogP contribution in [0.1, 0.15) is 6.42 Å². The van der Waals surface area contributed by atoms with Gasteiger partial charge in [0.25, 0.3) is 0 Å². The Hall–Kier alpha value is -1.27. The van der Waals surface area contributed by atoms with Crippen molar-refractivity contribution in [1.82, 2.24) is 5.32 Å². The van der Waals surface area contributed by atoms with Crippen LogP contribution in [0.15, 0.2) is 30.3 Å². The third kappa shape index (κ3) is 5.94. The minimum atomic E-state index is -3.31. The Kier molecular flexibility index (Phi) is 6.11. The first-order valence-electron chi connectivity index (χ1n) is 5.70. The third-order valence-electron chi connectivity index (χ3n) is 2.44. The van der Waals surface area contributed by atoms with E-state index < -0.39 is 21.8 Å². The van der Waals surface area contributed by atoms with Crippen LogP contribution in [0.2, 0.25) is 0 Å². The maximum atomic E-state index is 11.5. The summed E-state index contributed by atoms with van der Waals surface area (Å²) in [6.45, 7) is 0. The first-order valence-corrected chi connectivity index (χ1v) is 8.05. The quantitative estimate of drug-likeness (QED) is 0.736. The zero-order chi connectivity index (χ0) is 14.3. The smallest absolute Gasteiger partial charge is 0.328 e. The number of sulfone groups is 1. The molecule has 105 valence electrons. The zero-order valence-electron chi connectivity index (χ0n) is 10.2. The highest BCUT2D eigenvalue weighted by Crippen LogP contribution is 2.11. The molecule has 0 saturated heterocycles. The van der Waals surface area contributed by atoms with E-state index in [4.69, 9.17) is 16.7 Å². The van der Waals surface area contributed by atoms with Crippen LogP contribution in [0.25, 0.3) is 0 Å². The molecule has 0 spiro atoms. The Morgan fingerprint density at radius 2 is 1.89 bits per heavy atom. The molecule has 1 atom stereocenters. The highest BCUT2D eigenvalue weighted by molar-refractivity contribution is 7.91. The molecule has 1 unspecified atom stereocenters. The van der Waals surface area contributed by atoms with E-state index in [2.05, 4.69) is 5.32 Å². The summed E-state index contributed by atoms with van der Waals surface area (Å²) in [6, 6.07) is 7.54. The number of para-hydroxylation sites is 1. The Balaban J connectivity index is 2.62. The summed E-state index contributed by atoms with van der Waals surface area (Å²) >= 11 is 5.37. The van der Waals surface area contributed by atoms with Gasteiger partial charge in [-0.25, -0.2) is 13.2 Å². The number of benzene rings is 1. The number of hydrogen-bond acceptors (Lipinski definition) is 3. The molecule has 1 aromatic carbocycles. The van der Waals surface area contributed by atoms with Gasteiger partial charge < -0.3 is 5.11 Å². The normalized spacial score (nSPS) is 12.9. The van der Waals surface area contributed by atoms with E-state index in [0.717, 1.165) is 0 Å². The molecule has 19 heavy (non-hydrogen) atoms. The summed E-state index contributed by atoms with van der Waals surface area (Å²) in [4.78, 5) is 11.1. The number of rotatable bonds is 8. The molecule has 0 heterocycles. The standard InChI is InChI=1S/C12H15ClNO4S/c13-7-9-19(17,18)8-6-11(12(15)16)14-10-4-2-1-3-5-10/h1-5,11H,6-9H2,(H,15,16). The second-order valence-corrected chi connectivity index (χ2v) is 6.63. The van der Waals surface area contributed by atoms with Crippen LogP contribution >= 0.6 is 11.6 Å². The molecule has 0 fully saturated rings. The number of halogens is 1. The lowest BCUT2D eigenvalue weighted by atomic mass is 10.2. The number of hydrogen-bond donors (Lipinski definition) is 1. The highest BCUT2D eigenvalue weighted by Gasteiger charge is 2.22. The van der Waals surface area contributed by atoms with Crippen molar-refractivity contribution in [2.45, 2.75) is 12.5 Å². The van der Waals surface area contributed by atoms with Crippen LogP contribution in [-0.4, -0.2) is 42.9 Å². The van der Waals surface area contributed by atoms with Crippen molar-refractivity contribution < 1.29 is 18.3 Å². The number of nitrogens with zero attached hydrogens (tertiary/aromatic N) is 1. The van der Waals surface area contributed by atoms with Crippen LogP contribution in [-0.2, 0) is 14.6 Å². The molecule has 0 bridgehead atoms. The molecule has 1 radical (unpaired) electrons. The van der Waals surface area contributed by atoms with Gasteiger partial charge in [-0.15, -0.1) is 11.6 Å². The van der Waals surface area contributed by atoms with E-state index in [1.165, 1.54) is 0 Å². The van der Waals surface area contributed by atoms with E-state index >= 15 is 0 Å². The van der Waals surface area contributed by atoms with Crippen molar-refractivity contribution in [2.75, 3.05) is 17.4 Å². The van der Waals surface area contributed by atoms with Crippen molar-refractivity contribution in [3.63, 3.8) is 0 Å². The van der Waals surface area contributed by atoms with Gasteiger partial charge in [0.2, 0.25) is 0 Å². The second-order valence-electron chi connectivity index (χ2n) is 3.95. The van der Waals surface area contributed by atoms with E-state index in [-0.39, 0.29) is 23.8 Å². The number of carbonyl (C=O) groups is 1. The van der Waals surface area contributed by atoms with Crippen LogP contribution in [0.3, 0.4) is 0 Å². The van der Waals surface area contributed by atoms with Gasteiger partial charge in [0.15, 0.2) is 9.84 Å². The maximum absolute atomic E-state index is 11.5. The molecule has 0 aromatic heterocycles. The summed E-state index contributed by atoms with van der Waals surface area (Å²) < 4.78 is 23.0. The first-order chi connectivity index (χ1) is 8.94. The van der Waals surface area contributed by atoms with Gasteiger partial charge in [-0.2, -0.15) is 0 Å². The fourth-order valence-electron chi connectivity index (χ4n) is 1.45. The SMILES string of the molecule is O=C(O)C(CCS(=O)(=O)CCCl)[N]c1ccccc1. The molecular formula is C12H15ClNO4S. The highest BCUT2D eigenvalue weighted by atomic mass is 35.5. The van der Waals surface area contributed by atoms with Crippen molar-refractivity contribution in [1.29, 1.82) is 0 Å². The largest absolute Gasteiger partial charge is 0.480 e. The molecule has 0 saturated carbocycles.